The van der Waals surface area contributed by atoms with Gasteiger partial charge < -0.3 is 15.8 Å². The van der Waals surface area contributed by atoms with E-state index < -0.39 is 11.6 Å². The van der Waals surface area contributed by atoms with Crippen LogP contribution in [0.25, 0.3) is 0 Å². The minimum atomic E-state index is -0.479. The van der Waals surface area contributed by atoms with Crippen LogP contribution in [-0.4, -0.2) is 13.7 Å². The molecule has 3 N–H and O–H groups in total. The third-order valence-corrected chi connectivity index (χ3v) is 3.24. The second kappa shape index (κ2) is 6.74. The molecule has 2 aromatic rings. The fourth-order valence-electron chi connectivity index (χ4n) is 2.02. The zero-order valence-corrected chi connectivity index (χ0v) is 12.1. The van der Waals surface area contributed by atoms with Crippen molar-refractivity contribution in [3.63, 3.8) is 0 Å². The SMILES string of the molecule is COc1ccc(C(CN)Nc2cc(F)cc(Cl)c2)cc1F. The van der Waals surface area contributed by atoms with Crippen LogP contribution in [0.5, 0.6) is 5.75 Å². The van der Waals surface area contributed by atoms with Crippen molar-refractivity contribution in [1.82, 2.24) is 0 Å². The van der Waals surface area contributed by atoms with Gasteiger partial charge in [0.05, 0.1) is 13.2 Å². The summed E-state index contributed by atoms with van der Waals surface area (Å²) in [6, 6.07) is 8.27. The van der Waals surface area contributed by atoms with Gasteiger partial charge in [0.2, 0.25) is 0 Å². The van der Waals surface area contributed by atoms with E-state index in [1.165, 1.54) is 31.4 Å². The van der Waals surface area contributed by atoms with Crippen molar-refractivity contribution in [1.29, 1.82) is 0 Å². The lowest BCUT2D eigenvalue weighted by Crippen LogP contribution is -2.20. The Labute approximate surface area is 126 Å². The molecular weight excluding hydrogens is 298 g/mol. The van der Waals surface area contributed by atoms with Gasteiger partial charge in [0, 0.05) is 17.3 Å². The van der Waals surface area contributed by atoms with Crippen LogP contribution in [0.15, 0.2) is 36.4 Å². The summed E-state index contributed by atoms with van der Waals surface area (Å²) >= 11 is 5.80. The summed E-state index contributed by atoms with van der Waals surface area (Å²) in [7, 11) is 1.39. The van der Waals surface area contributed by atoms with Crippen LogP contribution in [0.1, 0.15) is 11.6 Å². The molecule has 6 heteroatoms. The lowest BCUT2D eigenvalue weighted by atomic mass is 10.1. The zero-order chi connectivity index (χ0) is 15.4. The first kappa shape index (κ1) is 15.5. The number of hydrogen-bond donors (Lipinski definition) is 2. The molecule has 0 fully saturated rings. The zero-order valence-electron chi connectivity index (χ0n) is 11.4. The largest absolute Gasteiger partial charge is 0.494 e. The maximum absolute atomic E-state index is 13.7. The number of halogens is 3. The molecule has 0 aromatic heterocycles. The van der Waals surface area contributed by atoms with Gasteiger partial charge in [-0.15, -0.1) is 0 Å². The fourth-order valence-corrected chi connectivity index (χ4v) is 2.24. The van der Waals surface area contributed by atoms with Gasteiger partial charge in [0.25, 0.3) is 0 Å². The molecular formula is C15H15ClF2N2O. The molecule has 0 saturated carbocycles. The first-order valence-corrected chi connectivity index (χ1v) is 6.67. The predicted octanol–water partition coefficient (Wildman–Crippen LogP) is 3.74. The average Bonchev–Trinajstić information content (AvgIpc) is 2.43. The van der Waals surface area contributed by atoms with Crippen LogP contribution >= 0.6 is 11.6 Å². The summed E-state index contributed by atoms with van der Waals surface area (Å²) in [5, 5.41) is 3.31. The lowest BCUT2D eigenvalue weighted by Gasteiger charge is -2.19. The maximum Gasteiger partial charge on any atom is 0.165 e. The molecule has 2 rings (SSSR count). The summed E-state index contributed by atoms with van der Waals surface area (Å²) in [5.41, 5.74) is 6.82. The van der Waals surface area contributed by atoms with Crippen molar-refractivity contribution in [2.75, 3.05) is 19.0 Å². The summed E-state index contributed by atoms with van der Waals surface area (Å²) < 4.78 is 31.9. The normalized spacial score (nSPS) is 12.0. The van der Waals surface area contributed by atoms with Crippen LogP contribution in [0.4, 0.5) is 14.5 Å². The number of nitrogens with one attached hydrogen (secondary N) is 1. The number of benzene rings is 2. The van der Waals surface area contributed by atoms with E-state index in [1.807, 2.05) is 0 Å². The molecule has 1 unspecified atom stereocenters. The van der Waals surface area contributed by atoms with Crippen molar-refractivity contribution in [3.8, 4) is 5.75 Å². The van der Waals surface area contributed by atoms with Gasteiger partial charge >= 0.3 is 0 Å². The molecule has 1 atom stereocenters. The Balaban J connectivity index is 2.25. The van der Waals surface area contributed by atoms with E-state index in [2.05, 4.69) is 5.32 Å². The topological polar surface area (TPSA) is 47.3 Å². The highest BCUT2D eigenvalue weighted by Gasteiger charge is 2.13. The Morgan fingerprint density at radius 1 is 1.24 bits per heavy atom. The predicted molar refractivity (Wildman–Crippen MR) is 79.8 cm³/mol. The van der Waals surface area contributed by atoms with Gasteiger partial charge in [-0.3, -0.25) is 0 Å². The Morgan fingerprint density at radius 2 is 2.00 bits per heavy atom. The van der Waals surface area contributed by atoms with E-state index in [4.69, 9.17) is 22.1 Å². The van der Waals surface area contributed by atoms with E-state index in [-0.39, 0.29) is 23.4 Å². The summed E-state index contributed by atoms with van der Waals surface area (Å²) in [6.07, 6.45) is 0. The lowest BCUT2D eigenvalue weighted by molar-refractivity contribution is 0.386. The highest BCUT2D eigenvalue weighted by Crippen LogP contribution is 2.26. The van der Waals surface area contributed by atoms with E-state index >= 15 is 0 Å². The number of rotatable bonds is 5. The van der Waals surface area contributed by atoms with Crippen molar-refractivity contribution in [3.05, 3.63) is 58.6 Å². The molecule has 3 nitrogen and oxygen atoms in total. The van der Waals surface area contributed by atoms with Crippen LogP contribution in [-0.2, 0) is 0 Å². The van der Waals surface area contributed by atoms with Gasteiger partial charge in [0.15, 0.2) is 11.6 Å². The third kappa shape index (κ3) is 3.83. The fraction of sp³-hybridized carbons (Fsp3) is 0.200. The summed E-state index contributed by atoms with van der Waals surface area (Å²) in [6.45, 7) is 0.208. The molecule has 112 valence electrons. The molecule has 0 bridgehead atoms. The minimum absolute atomic E-state index is 0.156. The Bertz CT molecular complexity index is 617. The smallest absolute Gasteiger partial charge is 0.165 e. The summed E-state index contributed by atoms with van der Waals surface area (Å²) in [5.74, 6) is -0.780. The molecule has 2 aromatic carbocycles. The molecule has 0 aliphatic rings. The Kier molecular flexibility index (Phi) is 4.98. The second-order valence-electron chi connectivity index (χ2n) is 4.48. The first-order valence-electron chi connectivity index (χ1n) is 6.29. The number of ether oxygens (including phenoxy) is 1. The van der Waals surface area contributed by atoms with E-state index in [1.54, 1.807) is 12.1 Å². The molecule has 0 heterocycles. The van der Waals surface area contributed by atoms with Crippen molar-refractivity contribution in [2.24, 2.45) is 5.73 Å². The minimum Gasteiger partial charge on any atom is -0.494 e. The van der Waals surface area contributed by atoms with Gasteiger partial charge in [-0.25, -0.2) is 8.78 Å². The molecule has 0 radical (unpaired) electrons. The molecule has 21 heavy (non-hydrogen) atoms. The monoisotopic (exact) mass is 312 g/mol. The highest BCUT2D eigenvalue weighted by molar-refractivity contribution is 6.30. The van der Waals surface area contributed by atoms with Crippen LogP contribution in [0.2, 0.25) is 5.02 Å². The average molecular weight is 313 g/mol. The maximum atomic E-state index is 13.7. The van der Waals surface area contributed by atoms with Crippen LogP contribution < -0.4 is 15.8 Å². The van der Waals surface area contributed by atoms with Crippen LogP contribution in [0, 0.1) is 11.6 Å². The first-order chi connectivity index (χ1) is 10.0. The third-order valence-electron chi connectivity index (χ3n) is 3.02. The van der Waals surface area contributed by atoms with Gasteiger partial charge in [-0.2, -0.15) is 0 Å². The number of hydrogen-bond acceptors (Lipinski definition) is 3. The van der Waals surface area contributed by atoms with Crippen molar-refractivity contribution < 1.29 is 13.5 Å². The molecule has 0 amide bonds. The second-order valence-corrected chi connectivity index (χ2v) is 4.92. The van der Waals surface area contributed by atoms with Gasteiger partial charge in [-0.1, -0.05) is 17.7 Å². The highest BCUT2D eigenvalue weighted by atomic mass is 35.5. The van der Waals surface area contributed by atoms with Gasteiger partial charge in [-0.05, 0) is 35.9 Å². The number of anilines is 1. The van der Waals surface area contributed by atoms with E-state index in [0.717, 1.165) is 0 Å². The molecule has 0 saturated heterocycles. The van der Waals surface area contributed by atoms with Crippen LogP contribution in [0.3, 0.4) is 0 Å². The van der Waals surface area contributed by atoms with Crippen molar-refractivity contribution in [2.45, 2.75) is 6.04 Å². The van der Waals surface area contributed by atoms with E-state index in [0.29, 0.717) is 11.3 Å². The molecule has 0 aliphatic carbocycles. The van der Waals surface area contributed by atoms with Gasteiger partial charge in [0.1, 0.15) is 5.82 Å². The Morgan fingerprint density at radius 3 is 2.57 bits per heavy atom. The summed E-state index contributed by atoms with van der Waals surface area (Å²) in [4.78, 5) is 0. The standard InChI is InChI=1S/C15H15ClF2N2O/c1-21-15-3-2-9(4-13(15)18)14(8-19)20-12-6-10(16)5-11(17)7-12/h2-7,14,20H,8,19H2,1H3. The number of methoxy groups -OCH3 is 1. The van der Waals surface area contributed by atoms with Crippen molar-refractivity contribution >= 4 is 17.3 Å². The Hall–Kier alpha value is -1.85. The quantitative estimate of drug-likeness (QED) is 0.884. The number of nitrogens with two attached hydrogens (primary N) is 1. The molecule has 0 spiro atoms. The molecule has 0 aliphatic heterocycles. The van der Waals surface area contributed by atoms with E-state index in [9.17, 15) is 8.78 Å².